The van der Waals surface area contributed by atoms with E-state index in [0.717, 1.165) is 5.03 Å². The van der Waals surface area contributed by atoms with Crippen molar-refractivity contribution in [2.75, 3.05) is 0 Å². The number of halogens is 1. The number of rotatable bonds is 0. The molecule has 0 radical (unpaired) electrons. The van der Waals surface area contributed by atoms with E-state index in [-0.39, 0.29) is 0 Å². The molecular formula is C5H5Cl. The molecule has 0 aromatic rings. The van der Waals surface area contributed by atoms with E-state index in [1.165, 1.54) is 5.57 Å². The van der Waals surface area contributed by atoms with Crippen LogP contribution in [0, 0.1) is 0 Å². The Bertz CT molecular complexity index is 98.4. The highest BCUT2D eigenvalue weighted by Crippen LogP contribution is 2.18. The highest BCUT2D eigenvalue weighted by molar-refractivity contribution is 6.32. The molecule has 0 saturated heterocycles. The van der Waals surface area contributed by atoms with Gasteiger partial charge in [-0.05, 0) is 24.6 Å². The topological polar surface area (TPSA) is 0 Å². The minimum Gasteiger partial charge on any atom is -0.0843 e. The molecular weight excluding hydrogens is 95.5 g/mol. The fraction of sp³-hybridized carbons (Fsp3) is 0.200. The van der Waals surface area contributed by atoms with Gasteiger partial charge in [0.05, 0.1) is 0 Å². The van der Waals surface area contributed by atoms with Gasteiger partial charge in [0.1, 0.15) is 0 Å². The minimum atomic E-state index is 0.868. The maximum Gasteiger partial charge on any atom is 0.0411 e. The molecule has 1 heteroatoms. The smallest absolute Gasteiger partial charge is 0.0411 e. The van der Waals surface area contributed by atoms with Crippen LogP contribution >= 0.6 is 11.6 Å². The molecule has 0 spiro atoms. The van der Waals surface area contributed by atoms with Gasteiger partial charge in [-0.1, -0.05) is 11.6 Å². The lowest BCUT2D eigenvalue weighted by Gasteiger charge is -2.00. The van der Waals surface area contributed by atoms with E-state index in [9.17, 15) is 0 Å². The predicted octanol–water partition coefficient (Wildman–Crippen LogP) is 2.07. The Hall–Kier alpha value is -0.230. The summed E-state index contributed by atoms with van der Waals surface area (Å²) >= 11 is 5.43. The standard InChI is InChI=1S/C5H5Cl/c1-4-2-5(6)3-4/h2-3H,1H3. The van der Waals surface area contributed by atoms with Gasteiger partial charge in [-0.25, -0.2) is 0 Å². The molecule has 0 bridgehead atoms. The third-order valence-corrected chi connectivity index (χ3v) is 0.949. The van der Waals surface area contributed by atoms with Crippen LogP contribution in [0.2, 0.25) is 0 Å². The Morgan fingerprint density at radius 2 is 2.00 bits per heavy atom. The highest BCUT2D eigenvalue weighted by atomic mass is 35.5. The maximum atomic E-state index is 5.43. The average Bonchev–Trinajstić information content (AvgIpc) is 1.33. The molecule has 0 heterocycles. The van der Waals surface area contributed by atoms with Crippen LogP contribution in [0.1, 0.15) is 6.92 Å². The lowest BCUT2D eigenvalue weighted by Crippen LogP contribution is -1.80. The van der Waals surface area contributed by atoms with E-state index in [0.29, 0.717) is 0 Å². The van der Waals surface area contributed by atoms with Crippen molar-refractivity contribution in [3.63, 3.8) is 0 Å². The second kappa shape index (κ2) is 1.12. The molecule has 0 aliphatic heterocycles. The van der Waals surface area contributed by atoms with Gasteiger partial charge in [0.15, 0.2) is 0 Å². The predicted molar refractivity (Wildman–Crippen MR) is 27.7 cm³/mol. The first kappa shape index (κ1) is 3.94. The van der Waals surface area contributed by atoms with Gasteiger partial charge < -0.3 is 0 Å². The summed E-state index contributed by atoms with van der Waals surface area (Å²) in [6.45, 7) is 2.02. The van der Waals surface area contributed by atoms with Crippen LogP contribution in [0.25, 0.3) is 0 Å². The Kier molecular flexibility index (Phi) is 0.738. The SMILES string of the molecule is CC1=CC(Cl)=C1. The van der Waals surface area contributed by atoms with Gasteiger partial charge in [-0.15, -0.1) is 0 Å². The number of hydrogen-bond acceptors (Lipinski definition) is 0. The first-order valence-corrected chi connectivity index (χ1v) is 2.22. The van der Waals surface area contributed by atoms with Crippen molar-refractivity contribution in [2.24, 2.45) is 0 Å². The van der Waals surface area contributed by atoms with Gasteiger partial charge in [0.25, 0.3) is 0 Å². The molecule has 1 aliphatic rings. The first-order chi connectivity index (χ1) is 2.79. The Morgan fingerprint density at radius 1 is 1.50 bits per heavy atom. The van der Waals surface area contributed by atoms with Crippen LogP contribution in [0.5, 0.6) is 0 Å². The fourth-order valence-corrected chi connectivity index (χ4v) is 0.766. The van der Waals surface area contributed by atoms with Crippen LogP contribution in [0.3, 0.4) is 0 Å². The molecule has 0 N–H and O–H groups in total. The summed E-state index contributed by atoms with van der Waals surface area (Å²) in [4.78, 5) is 0. The van der Waals surface area contributed by atoms with Crippen molar-refractivity contribution in [3.05, 3.63) is 22.8 Å². The quantitative estimate of drug-likeness (QED) is 0.437. The van der Waals surface area contributed by atoms with E-state index in [1.54, 1.807) is 0 Å². The van der Waals surface area contributed by atoms with Crippen LogP contribution < -0.4 is 0 Å². The van der Waals surface area contributed by atoms with Gasteiger partial charge in [-0.2, -0.15) is 0 Å². The van der Waals surface area contributed by atoms with Gasteiger partial charge in [-0.3, -0.25) is 0 Å². The van der Waals surface area contributed by atoms with Gasteiger partial charge in [0, 0.05) is 5.03 Å². The zero-order valence-electron chi connectivity index (χ0n) is 3.53. The van der Waals surface area contributed by atoms with Crippen molar-refractivity contribution in [2.45, 2.75) is 6.92 Å². The van der Waals surface area contributed by atoms with Crippen molar-refractivity contribution in [1.82, 2.24) is 0 Å². The molecule has 0 amide bonds. The Morgan fingerprint density at radius 3 is 2.00 bits per heavy atom. The lowest BCUT2D eigenvalue weighted by atomic mass is 10.1. The molecule has 0 atom stereocenters. The van der Waals surface area contributed by atoms with Crippen molar-refractivity contribution < 1.29 is 0 Å². The Balaban J connectivity index is 2.57. The second-order valence-electron chi connectivity index (χ2n) is 1.42. The molecule has 0 aromatic carbocycles. The van der Waals surface area contributed by atoms with Gasteiger partial charge >= 0.3 is 0 Å². The molecule has 1 rings (SSSR count). The second-order valence-corrected chi connectivity index (χ2v) is 1.85. The molecule has 0 aromatic heterocycles. The minimum absolute atomic E-state index is 0.868. The first-order valence-electron chi connectivity index (χ1n) is 1.84. The van der Waals surface area contributed by atoms with Crippen LogP contribution in [-0.4, -0.2) is 0 Å². The summed E-state index contributed by atoms with van der Waals surface area (Å²) in [6, 6.07) is 0. The van der Waals surface area contributed by atoms with Crippen LogP contribution in [0.15, 0.2) is 22.8 Å². The summed E-state index contributed by atoms with van der Waals surface area (Å²) in [5.74, 6) is 0. The summed E-state index contributed by atoms with van der Waals surface area (Å²) in [7, 11) is 0. The monoisotopic (exact) mass is 100 g/mol. The summed E-state index contributed by atoms with van der Waals surface area (Å²) in [5.41, 5.74) is 1.26. The van der Waals surface area contributed by atoms with Gasteiger partial charge in [0.2, 0.25) is 0 Å². The number of hydrogen-bond donors (Lipinski definition) is 0. The average molecular weight is 101 g/mol. The van der Waals surface area contributed by atoms with E-state index in [4.69, 9.17) is 11.6 Å². The van der Waals surface area contributed by atoms with Crippen molar-refractivity contribution >= 4 is 11.6 Å². The molecule has 0 saturated carbocycles. The normalized spacial score (nSPS) is 18.3. The third-order valence-electron chi connectivity index (χ3n) is 0.731. The number of allylic oxidation sites excluding steroid dienone is 4. The summed E-state index contributed by atoms with van der Waals surface area (Å²) < 4.78 is 0. The third kappa shape index (κ3) is 0.479. The molecule has 1 aliphatic carbocycles. The van der Waals surface area contributed by atoms with Crippen LogP contribution in [-0.2, 0) is 0 Å². The molecule has 0 unspecified atom stereocenters. The van der Waals surface area contributed by atoms with E-state index in [2.05, 4.69) is 0 Å². The molecule has 0 fully saturated rings. The molecule has 6 heavy (non-hydrogen) atoms. The summed E-state index contributed by atoms with van der Waals surface area (Å²) in [6.07, 6.45) is 3.86. The largest absolute Gasteiger partial charge is 0.0843 e. The summed E-state index contributed by atoms with van der Waals surface area (Å²) in [5, 5.41) is 0.868. The zero-order chi connectivity index (χ0) is 4.57. The van der Waals surface area contributed by atoms with Crippen molar-refractivity contribution in [1.29, 1.82) is 0 Å². The lowest BCUT2D eigenvalue weighted by molar-refractivity contribution is 1.44. The Labute approximate surface area is 42.1 Å². The maximum absolute atomic E-state index is 5.43. The molecule has 0 nitrogen and oxygen atoms in total. The molecule has 32 valence electrons. The van der Waals surface area contributed by atoms with E-state index >= 15 is 0 Å². The highest BCUT2D eigenvalue weighted by Gasteiger charge is 1.96. The van der Waals surface area contributed by atoms with E-state index in [1.807, 2.05) is 19.1 Å². The van der Waals surface area contributed by atoms with E-state index < -0.39 is 0 Å². The zero-order valence-corrected chi connectivity index (χ0v) is 4.29. The van der Waals surface area contributed by atoms with Crippen molar-refractivity contribution in [3.8, 4) is 0 Å². The van der Waals surface area contributed by atoms with Crippen LogP contribution in [0.4, 0.5) is 0 Å². The fourth-order valence-electron chi connectivity index (χ4n) is 0.422.